The average molecular weight is 232 g/mol. The van der Waals surface area contributed by atoms with Crippen molar-refractivity contribution in [2.24, 2.45) is 0 Å². The number of carbonyl (C=O) groups is 1. The van der Waals surface area contributed by atoms with Crippen molar-refractivity contribution < 1.29 is 9.53 Å². The van der Waals surface area contributed by atoms with E-state index in [1.54, 1.807) is 18.2 Å². The van der Waals surface area contributed by atoms with E-state index in [2.05, 4.69) is 11.2 Å². The number of terminal acetylenes is 1. The Balaban J connectivity index is 2.92. The molecule has 0 aliphatic rings. The first kappa shape index (κ1) is 12.9. The van der Waals surface area contributed by atoms with Gasteiger partial charge in [-0.1, -0.05) is 12.8 Å². The van der Waals surface area contributed by atoms with E-state index in [0.29, 0.717) is 23.4 Å². The monoisotopic (exact) mass is 232 g/mol. The molecule has 1 unspecified atom stereocenters. The molecule has 0 saturated carbocycles. The molecule has 1 rings (SSSR count). The van der Waals surface area contributed by atoms with E-state index >= 15 is 0 Å². The first-order valence-corrected chi connectivity index (χ1v) is 5.32. The highest BCUT2D eigenvalue weighted by Gasteiger charge is 2.13. The molecule has 3 N–H and O–H groups in total. The van der Waals surface area contributed by atoms with Gasteiger partial charge in [0.25, 0.3) is 5.91 Å². The van der Waals surface area contributed by atoms with Gasteiger partial charge in [0.2, 0.25) is 0 Å². The van der Waals surface area contributed by atoms with Crippen LogP contribution in [0.25, 0.3) is 0 Å². The molecular formula is C13H16N2O2. The minimum absolute atomic E-state index is 0.284. The predicted molar refractivity (Wildman–Crippen MR) is 67.8 cm³/mol. The second-order valence-corrected chi connectivity index (χ2v) is 3.55. The van der Waals surface area contributed by atoms with E-state index in [1.165, 1.54) is 7.11 Å². The third kappa shape index (κ3) is 3.15. The zero-order valence-electron chi connectivity index (χ0n) is 9.99. The summed E-state index contributed by atoms with van der Waals surface area (Å²) in [5.74, 6) is 2.79. The molecule has 0 spiro atoms. The fraction of sp³-hybridized carbons (Fsp3) is 0.308. The maximum Gasteiger partial charge on any atom is 0.254 e. The van der Waals surface area contributed by atoms with Gasteiger partial charge in [-0.25, -0.2) is 0 Å². The molecule has 0 fully saturated rings. The van der Waals surface area contributed by atoms with Crippen LogP contribution in [0.2, 0.25) is 0 Å². The van der Waals surface area contributed by atoms with E-state index < -0.39 is 0 Å². The van der Waals surface area contributed by atoms with Crippen LogP contribution in [0.4, 0.5) is 5.69 Å². The minimum atomic E-state index is -0.286. The van der Waals surface area contributed by atoms with Crippen LogP contribution in [0.3, 0.4) is 0 Å². The van der Waals surface area contributed by atoms with Crippen LogP contribution in [0, 0.1) is 12.3 Å². The van der Waals surface area contributed by atoms with E-state index in [0.717, 1.165) is 0 Å². The van der Waals surface area contributed by atoms with Gasteiger partial charge in [-0.15, -0.1) is 6.42 Å². The van der Waals surface area contributed by atoms with Crippen molar-refractivity contribution in [2.75, 3.05) is 12.8 Å². The maximum absolute atomic E-state index is 11.9. The van der Waals surface area contributed by atoms with Crippen LogP contribution < -0.4 is 15.8 Å². The van der Waals surface area contributed by atoms with Gasteiger partial charge in [0.05, 0.1) is 18.7 Å². The number of hydrogen-bond acceptors (Lipinski definition) is 3. The highest BCUT2D eigenvalue weighted by Crippen LogP contribution is 2.19. The molecular weight excluding hydrogens is 216 g/mol. The molecule has 0 aliphatic heterocycles. The van der Waals surface area contributed by atoms with E-state index in [9.17, 15) is 4.79 Å². The molecule has 1 atom stereocenters. The summed E-state index contributed by atoms with van der Waals surface area (Å²) in [6.07, 6.45) is 5.96. The van der Waals surface area contributed by atoms with Gasteiger partial charge >= 0.3 is 0 Å². The van der Waals surface area contributed by atoms with Crippen molar-refractivity contribution in [1.29, 1.82) is 0 Å². The predicted octanol–water partition coefficient (Wildman–Crippen LogP) is 1.42. The van der Waals surface area contributed by atoms with Crippen molar-refractivity contribution in [3.05, 3.63) is 23.8 Å². The number of nitrogen functional groups attached to an aromatic ring is 1. The van der Waals surface area contributed by atoms with E-state index in [4.69, 9.17) is 16.9 Å². The Kier molecular flexibility index (Phi) is 4.41. The molecule has 0 radical (unpaired) electrons. The molecule has 17 heavy (non-hydrogen) atoms. The molecule has 1 amide bonds. The second kappa shape index (κ2) is 5.80. The largest absolute Gasteiger partial charge is 0.497 e. The number of nitrogens with two attached hydrogens (primary N) is 1. The summed E-state index contributed by atoms with van der Waals surface area (Å²) in [4.78, 5) is 11.9. The van der Waals surface area contributed by atoms with Gasteiger partial charge < -0.3 is 15.8 Å². The standard InChI is InChI=1S/C13H16N2O2/c1-4-9(5-2)15-13(16)11-8-10(17-3)6-7-12(11)14/h1,6-9H,5,14H2,2-3H3,(H,15,16). The molecule has 0 heterocycles. The first-order chi connectivity index (χ1) is 8.12. The molecule has 0 aromatic heterocycles. The van der Waals surface area contributed by atoms with Crippen LogP contribution in [-0.4, -0.2) is 19.1 Å². The number of amides is 1. The van der Waals surface area contributed by atoms with Crippen molar-refractivity contribution in [2.45, 2.75) is 19.4 Å². The lowest BCUT2D eigenvalue weighted by Crippen LogP contribution is -2.33. The molecule has 1 aromatic rings. The lowest BCUT2D eigenvalue weighted by Gasteiger charge is -2.12. The maximum atomic E-state index is 11.9. The van der Waals surface area contributed by atoms with Crippen molar-refractivity contribution in [3.8, 4) is 18.1 Å². The SMILES string of the molecule is C#CC(CC)NC(=O)c1cc(OC)ccc1N. The topological polar surface area (TPSA) is 64.3 Å². The number of ether oxygens (including phenoxy) is 1. The van der Waals surface area contributed by atoms with Crippen LogP contribution >= 0.6 is 0 Å². The number of carbonyl (C=O) groups excluding carboxylic acids is 1. The fourth-order valence-electron chi connectivity index (χ4n) is 1.36. The van der Waals surface area contributed by atoms with Gasteiger partial charge in [-0.05, 0) is 24.6 Å². The summed E-state index contributed by atoms with van der Waals surface area (Å²) in [6, 6.07) is 4.64. The lowest BCUT2D eigenvalue weighted by atomic mass is 10.1. The van der Waals surface area contributed by atoms with Gasteiger partial charge in [0.15, 0.2) is 0 Å². The molecule has 0 saturated heterocycles. The van der Waals surface area contributed by atoms with Crippen molar-refractivity contribution in [3.63, 3.8) is 0 Å². The van der Waals surface area contributed by atoms with Crippen LogP contribution in [0.1, 0.15) is 23.7 Å². The Bertz CT molecular complexity index is 449. The summed E-state index contributed by atoms with van der Waals surface area (Å²) in [5, 5.41) is 2.71. The van der Waals surface area contributed by atoms with Gasteiger partial charge in [-0.2, -0.15) is 0 Å². The highest BCUT2D eigenvalue weighted by molar-refractivity contribution is 5.99. The lowest BCUT2D eigenvalue weighted by molar-refractivity contribution is 0.0945. The Morgan fingerprint density at radius 2 is 2.35 bits per heavy atom. The van der Waals surface area contributed by atoms with Crippen molar-refractivity contribution >= 4 is 11.6 Å². The van der Waals surface area contributed by atoms with Gasteiger partial charge in [-0.3, -0.25) is 4.79 Å². The van der Waals surface area contributed by atoms with E-state index in [1.807, 2.05) is 6.92 Å². The third-order valence-electron chi connectivity index (χ3n) is 2.42. The summed E-state index contributed by atoms with van der Waals surface area (Å²) >= 11 is 0. The Morgan fingerprint density at radius 3 is 2.88 bits per heavy atom. The van der Waals surface area contributed by atoms with Gasteiger partial charge in [0, 0.05) is 5.69 Å². The quantitative estimate of drug-likeness (QED) is 0.609. The molecule has 4 nitrogen and oxygen atoms in total. The van der Waals surface area contributed by atoms with Crippen LogP contribution in [0.15, 0.2) is 18.2 Å². The van der Waals surface area contributed by atoms with Crippen molar-refractivity contribution in [1.82, 2.24) is 5.32 Å². The molecule has 1 aromatic carbocycles. The van der Waals surface area contributed by atoms with Gasteiger partial charge in [0.1, 0.15) is 5.75 Å². The molecule has 4 heteroatoms. The summed E-state index contributed by atoms with van der Waals surface area (Å²) in [5.41, 5.74) is 6.51. The summed E-state index contributed by atoms with van der Waals surface area (Å²) < 4.78 is 5.04. The number of nitrogens with one attached hydrogen (secondary N) is 1. The van der Waals surface area contributed by atoms with E-state index in [-0.39, 0.29) is 11.9 Å². The highest BCUT2D eigenvalue weighted by atomic mass is 16.5. The summed E-state index contributed by atoms with van der Waals surface area (Å²) in [7, 11) is 1.53. The normalized spacial score (nSPS) is 11.4. The number of rotatable bonds is 4. The zero-order valence-corrected chi connectivity index (χ0v) is 9.99. The Morgan fingerprint density at radius 1 is 1.65 bits per heavy atom. The van der Waals surface area contributed by atoms with Crippen LogP contribution in [-0.2, 0) is 0 Å². The smallest absolute Gasteiger partial charge is 0.254 e. The Hall–Kier alpha value is -2.15. The minimum Gasteiger partial charge on any atom is -0.497 e. The fourth-order valence-corrected chi connectivity index (χ4v) is 1.36. The second-order valence-electron chi connectivity index (χ2n) is 3.55. The molecule has 0 bridgehead atoms. The first-order valence-electron chi connectivity index (χ1n) is 5.32. The molecule has 90 valence electrons. The number of anilines is 1. The molecule has 0 aliphatic carbocycles. The number of hydrogen-bond donors (Lipinski definition) is 2. The van der Waals surface area contributed by atoms with Crippen LogP contribution in [0.5, 0.6) is 5.75 Å². The average Bonchev–Trinajstić information content (AvgIpc) is 2.36. The number of methoxy groups -OCH3 is 1. The third-order valence-corrected chi connectivity index (χ3v) is 2.42. The Labute approximate surface area is 101 Å². The zero-order chi connectivity index (χ0) is 12.8. The number of benzene rings is 1. The summed E-state index contributed by atoms with van der Waals surface area (Å²) in [6.45, 7) is 1.90.